The van der Waals surface area contributed by atoms with Crippen LogP contribution in [-0.2, 0) is 11.8 Å². The van der Waals surface area contributed by atoms with Gasteiger partial charge in [-0.15, -0.1) is 0 Å². The van der Waals surface area contributed by atoms with Gasteiger partial charge >= 0.3 is 5.97 Å². The molecule has 1 aromatic carbocycles. The summed E-state index contributed by atoms with van der Waals surface area (Å²) >= 11 is 0. The second kappa shape index (κ2) is 6.56. The molecule has 0 spiro atoms. The van der Waals surface area contributed by atoms with E-state index in [1.54, 1.807) is 28.9 Å². The van der Waals surface area contributed by atoms with Crippen molar-refractivity contribution in [1.82, 2.24) is 24.4 Å². The highest BCUT2D eigenvalue weighted by Crippen LogP contribution is 2.28. The average molecular weight is 379 g/mol. The Labute approximate surface area is 160 Å². The smallest absolute Gasteiger partial charge is 0.356 e. The highest BCUT2D eigenvalue weighted by Gasteiger charge is 2.20. The molecular formula is C20H18FN5O2. The molecule has 0 bridgehead atoms. The van der Waals surface area contributed by atoms with E-state index < -0.39 is 5.97 Å². The summed E-state index contributed by atoms with van der Waals surface area (Å²) in [5.74, 6) is -0.854. The maximum absolute atomic E-state index is 13.2. The van der Waals surface area contributed by atoms with Crippen LogP contribution < -0.4 is 0 Å². The summed E-state index contributed by atoms with van der Waals surface area (Å²) in [5.41, 5.74) is 5.25. The van der Waals surface area contributed by atoms with Gasteiger partial charge in [-0.2, -0.15) is 10.2 Å². The number of nitrogens with zero attached hydrogens (tertiary/aromatic N) is 5. The van der Waals surface area contributed by atoms with E-state index in [2.05, 4.69) is 15.2 Å². The van der Waals surface area contributed by atoms with Crippen LogP contribution >= 0.6 is 0 Å². The van der Waals surface area contributed by atoms with Gasteiger partial charge in [0.15, 0.2) is 11.3 Å². The summed E-state index contributed by atoms with van der Waals surface area (Å²) in [5, 5.41) is 8.90. The molecule has 0 fully saturated rings. The quantitative estimate of drug-likeness (QED) is 0.511. The van der Waals surface area contributed by atoms with Crippen LogP contribution in [0.15, 0.2) is 36.4 Å². The van der Waals surface area contributed by atoms with Gasteiger partial charge < -0.3 is 4.74 Å². The van der Waals surface area contributed by atoms with Crippen molar-refractivity contribution in [3.05, 3.63) is 59.3 Å². The Balaban J connectivity index is 1.96. The molecular weight excluding hydrogens is 361 g/mol. The van der Waals surface area contributed by atoms with E-state index in [-0.39, 0.29) is 11.5 Å². The van der Waals surface area contributed by atoms with Gasteiger partial charge in [-0.25, -0.2) is 18.7 Å². The molecule has 4 aromatic rings. The maximum atomic E-state index is 13.2. The summed E-state index contributed by atoms with van der Waals surface area (Å²) < 4.78 is 21.4. The lowest BCUT2D eigenvalue weighted by atomic mass is 10.1. The first-order valence-corrected chi connectivity index (χ1v) is 8.64. The number of carbonyl (C=O) groups is 1. The van der Waals surface area contributed by atoms with Crippen molar-refractivity contribution in [2.75, 3.05) is 7.11 Å². The van der Waals surface area contributed by atoms with Crippen LogP contribution in [0.3, 0.4) is 0 Å². The van der Waals surface area contributed by atoms with Crippen LogP contribution in [0.25, 0.3) is 28.2 Å². The largest absolute Gasteiger partial charge is 0.464 e. The Kier molecular flexibility index (Phi) is 4.18. The molecule has 4 rings (SSSR count). The third kappa shape index (κ3) is 2.83. The fourth-order valence-corrected chi connectivity index (χ4v) is 3.26. The minimum Gasteiger partial charge on any atom is -0.464 e. The third-order valence-electron chi connectivity index (χ3n) is 4.73. The van der Waals surface area contributed by atoms with Crippen LogP contribution in [-0.4, -0.2) is 37.5 Å². The van der Waals surface area contributed by atoms with Crippen LogP contribution in [0.4, 0.5) is 4.39 Å². The van der Waals surface area contributed by atoms with Crippen molar-refractivity contribution in [2.24, 2.45) is 7.05 Å². The van der Waals surface area contributed by atoms with Gasteiger partial charge in [0.25, 0.3) is 0 Å². The molecule has 3 heterocycles. The van der Waals surface area contributed by atoms with Crippen LogP contribution in [0, 0.1) is 19.7 Å². The van der Waals surface area contributed by atoms with Crippen molar-refractivity contribution < 1.29 is 13.9 Å². The van der Waals surface area contributed by atoms with Gasteiger partial charge in [0.2, 0.25) is 0 Å². The van der Waals surface area contributed by atoms with Gasteiger partial charge in [-0.1, -0.05) is 0 Å². The summed E-state index contributed by atoms with van der Waals surface area (Å²) in [7, 11) is 3.18. The molecule has 28 heavy (non-hydrogen) atoms. The maximum Gasteiger partial charge on any atom is 0.356 e. The molecule has 3 aromatic heterocycles. The van der Waals surface area contributed by atoms with Crippen molar-refractivity contribution in [2.45, 2.75) is 13.8 Å². The van der Waals surface area contributed by atoms with Crippen molar-refractivity contribution in [3.8, 4) is 22.5 Å². The van der Waals surface area contributed by atoms with E-state index in [1.165, 1.54) is 23.8 Å². The first-order chi connectivity index (χ1) is 13.4. The number of rotatable bonds is 3. The first kappa shape index (κ1) is 17.8. The Bertz CT molecular complexity index is 1210. The summed E-state index contributed by atoms with van der Waals surface area (Å²) in [6.45, 7) is 3.84. The van der Waals surface area contributed by atoms with E-state index in [9.17, 15) is 9.18 Å². The number of halogens is 1. The average Bonchev–Trinajstić information content (AvgIpc) is 3.21. The molecule has 0 unspecified atom stereocenters. The molecule has 0 aliphatic heterocycles. The van der Waals surface area contributed by atoms with Crippen LogP contribution in [0.5, 0.6) is 0 Å². The molecule has 0 aliphatic carbocycles. The fourth-order valence-electron chi connectivity index (χ4n) is 3.26. The fraction of sp³-hybridized carbons (Fsp3) is 0.200. The zero-order valence-electron chi connectivity index (χ0n) is 15.9. The molecule has 0 aliphatic rings. The van der Waals surface area contributed by atoms with Crippen molar-refractivity contribution in [3.63, 3.8) is 0 Å². The number of methoxy groups -OCH3 is 1. The Hall–Kier alpha value is -3.55. The zero-order chi connectivity index (χ0) is 20.0. The van der Waals surface area contributed by atoms with E-state index >= 15 is 0 Å². The standard InChI is InChI=1S/C20H18FN5O2/c1-11-19(12(2)25(3)23-11)16-9-17(20(27)28-4)26-18(22-16)10-15(24-26)13-5-7-14(21)8-6-13/h5-10H,1-4H3. The van der Waals surface area contributed by atoms with Gasteiger partial charge in [0.05, 0.1) is 24.2 Å². The van der Waals surface area contributed by atoms with Gasteiger partial charge in [0.1, 0.15) is 5.82 Å². The molecule has 7 nitrogen and oxygen atoms in total. The normalized spacial score (nSPS) is 11.2. The Morgan fingerprint density at radius 2 is 1.79 bits per heavy atom. The first-order valence-electron chi connectivity index (χ1n) is 8.64. The predicted octanol–water partition coefficient (Wildman–Crippen LogP) is 3.34. The predicted molar refractivity (Wildman–Crippen MR) is 101 cm³/mol. The van der Waals surface area contributed by atoms with E-state index in [0.29, 0.717) is 17.0 Å². The minimum atomic E-state index is -0.526. The monoisotopic (exact) mass is 379 g/mol. The number of esters is 1. The molecule has 8 heteroatoms. The highest BCUT2D eigenvalue weighted by molar-refractivity contribution is 5.90. The number of hydrogen-bond acceptors (Lipinski definition) is 5. The van der Waals surface area contributed by atoms with Crippen molar-refractivity contribution in [1.29, 1.82) is 0 Å². The lowest BCUT2D eigenvalue weighted by Crippen LogP contribution is -2.11. The van der Waals surface area contributed by atoms with Crippen LogP contribution in [0.1, 0.15) is 21.9 Å². The van der Waals surface area contributed by atoms with Crippen LogP contribution in [0.2, 0.25) is 0 Å². The lowest BCUT2D eigenvalue weighted by Gasteiger charge is -2.07. The van der Waals surface area contributed by atoms with Gasteiger partial charge in [-0.05, 0) is 44.2 Å². The van der Waals surface area contributed by atoms with Gasteiger partial charge in [0, 0.05) is 29.9 Å². The summed E-state index contributed by atoms with van der Waals surface area (Å²) in [6, 6.07) is 9.39. The second-order valence-corrected chi connectivity index (χ2v) is 6.49. The molecule has 0 N–H and O–H groups in total. The summed E-state index contributed by atoms with van der Waals surface area (Å²) in [4.78, 5) is 17.1. The topological polar surface area (TPSA) is 74.3 Å². The number of ether oxygens (including phenoxy) is 1. The lowest BCUT2D eigenvalue weighted by molar-refractivity contribution is 0.0590. The Morgan fingerprint density at radius 3 is 2.39 bits per heavy atom. The van der Waals surface area contributed by atoms with E-state index in [1.807, 2.05) is 20.9 Å². The molecule has 0 saturated carbocycles. The number of hydrogen-bond donors (Lipinski definition) is 0. The molecule has 0 saturated heterocycles. The number of carbonyl (C=O) groups excluding carboxylic acids is 1. The zero-order valence-corrected chi connectivity index (χ0v) is 15.9. The SMILES string of the molecule is COC(=O)c1cc(-c2c(C)nn(C)c2C)nc2cc(-c3ccc(F)cc3)nn12. The highest BCUT2D eigenvalue weighted by atomic mass is 19.1. The van der Waals surface area contributed by atoms with E-state index in [0.717, 1.165) is 22.5 Å². The molecule has 0 radical (unpaired) electrons. The third-order valence-corrected chi connectivity index (χ3v) is 4.73. The Morgan fingerprint density at radius 1 is 1.07 bits per heavy atom. The molecule has 142 valence electrons. The van der Waals surface area contributed by atoms with Gasteiger partial charge in [-0.3, -0.25) is 4.68 Å². The summed E-state index contributed by atoms with van der Waals surface area (Å²) in [6.07, 6.45) is 0. The molecule has 0 amide bonds. The van der Waals surface area contributed by atoms with E-state index in [4.69, 9.17) is 4.74 Å². The number of benzene rings is 1. The minimum absolute atomic E-state index is 0.249. The van der Waals surface area contributed by atoms with Crippen molar-refractivity contribution >= 4 is 11.6 Å². The number of aryl methyl sites for hydroxylation is 2. The second-order valence-electron chi connectivity index (χ2n) is 6.49. The number of aromatic nitrogens is 5. The molecule has 0 atom stereocenters. The number of fused-ring (bicyclic) bond motifs is 1.